The average molecular weight is 292 g/mol. The van der Waals surface area contributed by atoms with Crippen molar-refractivity contribution in [3.8, 4) is 0 Å². The van der Waals surface area contributed by atoms with Crippen molar-refractivity contribution in [3.63, 3.8) is 0 Å². The zero-order valence-corrected chi connectivity index (χ0v) is 13.7. The van der Waals surface area contributed by atoms with Crippen LogP contribution >= 0.6 is 8.03 Å². The minimum atomic E-state index is -2.16. The fourth-order valence-corrected chi connectivity index (χ4v) is 2.38. The second kappa shape index (κ2) is 8.51. The molecule has 0 aliphatic heterocycles. The van der Waals surface area contributed by atoms with Crippen molar-refractivity contribution in [2.24, 2.45) is 0 Å². The first-order valence-electron chi connectivity index (χ1n) is 6.48. The summed E-state index contributed by atoms with van der Waals surface area (Å²) in [6.07, 6.45) is 0.533. The maximum absolute atomic E-state index is 11.8. The zero-order chi connectivity index (χ0) is 15.1. The van der Waals surface area contributed by atoms with Crippen LogP contribution in [0.15, 0.2) is 12.2 Å². The lowest BCUT2D eigenvalue weighted by Gasteiger charge is -2.23. The third-order valence-electron chi connectivity index (χ3n) is 2.50. The number of nitrogens with zero attached hydrogens (tertiary/aromatic N) is 1. The predicted octanol–water partition coefficient (Wildman–Crippen LogP) is 2.08. The summed E-state index contributed by atoms with van der Waals surface area (Å²) in [5, 5.41) is 0. The third-order valence-corrected chi connectivity index (χ3v) is 3.81. The highest BCUT2D eigenvalue weighted by atomic mass is 31.1. The summed E-state index contributed by atoms with van der Waals surface area (Å²) in [7, 11) is 3.98. The summed E-state index contributed by atoms with van der Waals surface area (Å²) in [4.78, 5) is 11.4. The minimum absolute atomic E-state index is 0.275. The van der Waals surface area contributed by atoms with E-state index in [1.807, 2.05) is 28.1 Å². The van der Waals surface area contributed by atoms with E-state index < -0.39 is 14.0 Å². The number of hydrogen-bond acceptors (Lipinski definition) is 4. The first-order valence-corrected chi connectivity index (χ1v) is 8.00. The van der Waals surface area contributed by atoms with Gasteiger partial charge in [0.05, 0.1) is 27.3 Å². The zero-order valence-electron chi connectivity index (χ0n) is 12.7. The highest BCUT2D eigenvalue weighted by Crippen LogP contribution is 2.25. The van der Waals surface area contributed by atoms with Gasteiger partial charge in [0, 0.05) is 5.57 Å². The molecule has 0 heterocycles. The van der Waals surface area contributed by atoms with E-state index >= 15 is 0 Å². The molecule has 0 aromatic rings. The molecule has 19 heavy (non-hydrogen) atoms. The topological polar surface area (TPSA) is 52.6 Å². The van der Waals surface area contributed by atoms with Crippen molar-refractivity contribution in [2.45, 2.75) is 26.4 Å². The van der Waals surface area contributed by atoms with Crippen molar-refractivity contribution in [1.29, 1.82) is 0 Å². The highest BCUT2D eigenvalue weighted by molar-refractivity contribution is 7.39. The lowest BCUT2D eigenvalue weighted by Crippen LogP contribution is -2.37. The van der Waals surface area contributed by atoms with E-state index in [1.54, 1.807) is 6.92 Å². The van der Waals surface area contributed by atoms with Gasteiger partial charge in [-0.3, -0.25) is 4.57 Å². The van der Waals surface area contributed by atoms with Gasteiger partial charge in [0.1, 0.15) is 19.3 Å². The van der Waals surface area contributed by atoms with Crippen molar-refractivity contribution in [1.82, 2.24) is 0 Å². The van der Waals surface area contributed by atoms with Crippen molar-refractivity contribution >= 4 is 14.0 Å². The van der Waals surface area contributed by atoms with Crippen LogP contribution in [0.25, 0.3) is 0 Å². The van der Waals surface area contributed by atoms with Crippen LogP contribution in [0.5, 0.6) is 0 Å². The van der Waals surface area contributed by atoms with Gasteiger partial charge < -0.3 is 13.7 Å². The second-order valence-corrected chi connectivity index (χ2v) is 7.10. The van der Waals surface area contributed by atoms with Crippen LogP contribution in [0.3, 0.4) is 0 Å². The molecule has 0 rings (SSSR count). The molecule has 0 aromatic carbocycles. The molecule has 112 valence electrons. The molecule has 2 atom stereocenters. The Morgan fingerprint density at radius 1 is 1.37 bits per heavy atom. The summed E-state index contributed by atoms with van der Waals surface area (Å²) in [6.45, 7) is 8.24. The first-order chi connectivity index (χ1) is 8.65. The van der Waals surface area contributed by atoms with E-state index in [0.717, 1.165) is 11.0 Å². The van der Waals surface area contributed by atoms with Crippen molar-refractivity contribution in [2.75, 3.05) is 40.5 Å². The van der Waals surface area contributed by atoms with E-state index in [4.69, 9.17) is 9.26 Å². The predicted molar refractivity (Wildman–Crippen MR) is 77.7 cm³/mol. The molecular weight excluding hydrogens is 265 g/mol. The number of carbonyl (C=O) groups excluding carboxylic acids is 1. The van der Waals surface area contributed by atoms with Crippen LogP contribution in [0.4, 0.5) is 0 Å². The molecule has 0 aliphatic rings. The van der Waals surface area contributed by atoms with Crippen LogP contribution in [0.1, 0.15) is 20.3 Å². The van der Waals surface area contributed by atoms with Crippen LogP contribution in [-0.2, 0) is 18.6 Å². The van der Waals surface area contributed by atoms with Crippen molar-refractivity contribution in [3.05, 3.63) is 12.2 Å². The molecule has 0 fully saturated rings. The second-order valence-electron chi connectivity index (χ2n) is 5.65. The van der Waals surface area contributed by atoms with E-state index in [-0.39, 0.29) is 12.3 Å². The number of rotatable bonds is 9. The molecule has 0 bridgehead atoms. The molecule has 6 heteroatoms. The average Bonchev–Trinajstić information content (AvgIpc) is 2.25. The molecule has 0 aliphatic carbocycles. The largest absolute Gasteiger partial charge is 0.458 e. The van der Waals surface area contributed by atoms with Gasteiger partial charge in [-0.05, 0) is 13.3 Å². The molecule has 0 amide bonds. The normalized spacial score (nSPS) is 14.8. The SMILES string of the molecule is C=C(C)C(=O)OC(CC)C[PH](=O)OCC[N+](C)(C)C. The molecule has 0 radical (unpaired) electrons. The quantitative estimate of drug-likeness (QED) is 0.282. The molecule has 0 spiro atoms. The van der Waals surface area contributed by atoms with Gasteiger partial charge in [-0.2, -0.15) is 0 Å². The Balaban J connectivity index is 4.07. The smallest absolute Gasteiger partial charge is 0.333 e. The van der Waals surface area contributed by atoms with Crippen LogP contribution in [0.2, 0.25) is 0 Å². The molecule has 0 saturated heterocycles. The van der Waals surface area contributed by atoms with Gasteiger partial charge in [0.2, 0.25) is 0 Å². The molecule has 2 unspecified atom stereocenters. The number of esters is 1. The van der Waals surface area contributed by atoms with E-state index in [1.165, 1.54) is 0 Å². The summed E-state index contributed by atoms with van der Waals surface area (Å²) >= 11 is 0. The Kier molecular flexibility index (Phi) is 8.23. The Labute approximate surface area is 117 Å². The van der Waals surface area contributed by atoms with Gasteiger partial charge in [0.25, 0.3) is 0 Å². The van der Waals surface area contributed by atoms with Crippen LogP contribution < -0.4 is 0 Å². The Hall–Kier alpha value is -0.640. The number of ether oxygens (including phenoxy) is 1. The Morgan fingerprint density at radius 3 is 2.37 bits per heavy atom. The molecule has 0 saturated carbocycles. The first kappa shape index (κ1) is 18.4. The van der Waals surface area contributed by atoms with E-state index in [2.05, 4.69) is 6.58 Å². The lowest BCUT2D eigenvalue weighted by atomic mass is 10.3. The van der Waals surface area contributed by atoms with E-state index in [9.17, 15) is 9.36 Å². The van der Waals surface area contributed by atoms with Crippen LogP contribution in [0, 0.1) is 0 Å². The summed E-state index contributed by atoms with van der Waals surface area (Å²) < 4.78 is 23.0. The third kappa shape index (κ3) is 9.88. The standard InChI is InChI=1S/C13H27NO4P/c1-7-12(18-13(15)11(2)3)10-19(16)17-9-8-14(4,5)6/h12,19H,2,7-10H2,1,3-6H3/q+1. The molecule has 0 N–H and O–H groups in total. The summed E-state index contributed by atoms with van der Waals surface area (Å²) in [6, 6.07) is 0. The fraction of sp³-hybridized carbons (Fsp3) is 0.769. The van der Waals surface area contributed by atoms with E-state index in [0.29, 0.717) is 18.6 Å². The molecule has 5 nitrogen and oxygen atoms in total. The summed E-state index contributed by atoms with van der Waals surface area (Å²) in [5.41, 5.74) is 0.351. The lowest BCUT2D eigenvalue weighted by molar-refractivity contribution is -0.870. The van der Waals surface area contributed by atoms with Gasteiger partial charge in [0.15, 0.2) is 8.03 Å². The molecular formula is C13H27NO4P+. The maximum Gasteiger partial charge on any atom is 0.333 e. The fourth-order valence-electron chi connectivity index (χ4n) is 1.20. The number of hydrogen-bond donors (Lipinski definition) is 0. The van der Waals surface area contributed by atoms with Crippen molar-refractivity contribution < 1.29 is 23.1 Å². The molecule has 0 aromatic heterocycles. The van der Waals surface area contributed by atoms with Gasteiger partial charge >= 0.3 is 5.97 Å². The van der Waals surface area contributed by atoms with Gasteiger partial charge in [-0.1, -0.05) is 13.5 Å². The number of quaternary nitrogens is 1. The number of carbonyl (C=O) groups is 1. The van der Waals surface area contributed by atoms with Gasteiger partial charge in [-0.15, -0.1) is 0 Å². The highest BCUT2D eigenvalue weighted by Gasteiger charge is 2.17. The van der Waals surface area contributed by atoms with Gasteiger partial charge in [-0.25, -0.2) is 4.79 Å². The summed E-state index contributed by atoms with van der Waals surface area (Å²) in [5.74, 6) is -0.437. The Morgan fingerprint density at radius 2 is 1.95 bits per heavy atom. The van der Waals surface area contributed by atoms with Crippen LogP contribution in [-0.4, -0.2) is 57.0 Å². The monoisotopic (exact) mass is 292 g/mol. The Bertz CT molecular complexity index is 336. The maximum atomic E-state index is 11.8. The number of likely N-dealkylation sites (N-methyl/N-ethyl adjacent to an activating group) is 1. The minimum Gasteiger partial charge on any atom is -0.458 e.